The average Bonchev–Trinajstić information content (AvgIpc) is 2.69. The number of methoxy groups -OCH3 is 1. The molecule has 0 aliphatic carbocycles. The molecule has 1 aliphatic rings. The summed E-state index contributed by atoms with van der Waals surface area (Å²) in [5, 5.41) is 3.35. The lowest BCUT2D eigenvalue weighted by Gasteiger charge is -2.36. The van der Waals surface area contributed by atoms with Gasteiger partial charge in [-0.1, -0.05) is 32.0 Å². The topological polar surface area (TPSA) is 33.7 Å². The summed E-state index contributed by atoms with van der Waals surface area (Å²) in [7, 11) is 1.64. The zero-order chi connectivity index (χ0) is 21.0. The fourth-order valence-corrected chi connectivity index (χ4v) is 3.70. The van der Waals surface area contributed by atoms with Gasteiger partial charge in [-0.2, -0.15) is 0 Å². The first-order valence-electron chi connectivity index (χ1n) is 9.77. The molecule has 0 amide bonds. The molecule has 0 spiro atoms. The number of piperazine rings is 1. The van der Waals surface area contributed by atoms with Gasteiger partial charge >= 0.3 is 6.36 Å². The Hall–Kier alpha value is -1.67. The van der Waals surface area contributed by atoms with Crippen molar-refractivity contribution in [1.82, 2.24) is 10.2 Å². The van der Waals surface area contributed by atoms with Gasteiger partial charge in [-0.15, -0.1) is 38.0 Å². The SMILES string of the molecule is COc1ccc(C(C)C)cc1[C@H](c1ccc(OC(F)(F)F)cc1)N1CCNCC1.Cl.Cl. The van der Waals surface area contributed by atoms with E-state index in [4.69, 9.17) is 4.74 Å². The first-order chi connectivity index (χ1) is 13.8. The smallest absolute Gasteiger partial charge is 0.496 e. The number of hydrogen-bond donors (Lipinski definition) is 1. The third-order valence-electron chi connectivity index (χ3n) is 5.16. The van der Waals surface area contributed by atoms with Crippen LogP contribution in [0.4, 0.5) is 13.2 Å². The molecule has 1 fully saturated rings. The Bertz CT molecular complexity index is 811. The molecule has 0 saturated carbocycles. The number of hydrogen-bond acceptors (Lipinski definition) is 4. The summed E-state index contributed by atoms with van der Waals surface area (Å²) in [5.41, 5.74) is 3.11. The monoisotopic (exact) mass is 480 g/mol. The quantitative estimate of drug-likeness (QED) is 0.586. The number of benzene rings is 2. The van der Waals surface area contributed by atoms with E-state index in [1.54, 1.807) is 19.2 Å². The van der Waals surface area contributed by atoms with E-state index >= 15 is 0 Å². The molecule has 4 nitrogen and oxygen atoms in total. The van der Waals surface area contributed by atoms with Gasteiger partial charge in [-0.3, -0.25) is 4.90 Å². The van der Waals surface area contributed by atoms with Crippen molar-refractivity contribution < 1.29 is 22.6 Å². The van der Waals surface area contributed by atoms with Gasteiger partial charge in [0, 0.05) is 31.7 Å². The van der Waals surface area contributed by atoms with Crippen LogP contribution in [0.15, 0.2) is 42.5 Å². The largest absolute Gasteiger partial charge is 0.573 e. The van der Waals surface area contributed by atoms with E-state index in [0.717, 1.165) is 43.1 Å². The summed E-state index contributed by atoms with van der Waals surface area (Å²) in [5.74, 6) is 0.905. The second-order valence-corrected chi connectivity index (χ2v) is 7.46. The fraction of sp³-hybridized carbons (Fsp3) is 0.455. The summed E-state index contributed by atoms with van der Waals surface area (Å²) in [6.07, 6.45) is -4.70. The molecular formula is C22H29Cl2F3N2O2. The van der Waals surface area contributed by atoms with Crippen molar-refractivity contribution in [3.05, 3.63) is 59.2 Å². The van der Waals surface area contributed by atoms with Crippen molar-refractivity contribution in [1.29, 1.82) is 0 Å². The maximum absolute atomic E-state index is 12.5. The number of rotatable bonds is 6. The van der Waals surface area contributed by atoms with E-state index in [-0.39, 0.29) is 36.6 Å². The van der Waals surface area contributed by atoms with Gasteiger partial charge < -0.3 is 14.8 Å². The van der Waals surface area contributed by atoms with Crippen molar-refractivity contribution in [3.8, 4) is 11.5 Å². The van der Waals surface area contributed by atoms with E-state index in [0.29, 0.717) is 5.92 Å². The van der Waals surface area contributed by atoms with E-state index < -0.39 is 6.36 Å². The van der Waals surface area contributed by atoms with Crippen LogP contribution in [0, 0.1) is 0 Å². The fourth-order valence-electron chi connectivity index (χ4n) is 3.70. The summed E-state index contributed by atoms with van der Waals surface area (Å²) >= 11 is 0. The van der Waals surface area contributed by atoms with Crippen molar-refractivity contribution in [2.75, 3.05) is 33.3 Å². The number of ether oxygens (including phenoxy) is 2. The molecule has 1 N–H and O–H groups in total. The molecule has 1 heterocycles. The molecule has 0 unspecified atom stereocenters. The van der Waals surface area contributed by atoms with E-state index in [2.05, 4.69) is 40.9 Å². The first kappa shape index (κ1) is 27.4. The Kier molecular flexibility index (Phi) is 10.4. The highest BCUT2D eigenvalue weighted by atomic mass is 35.5. The van der Waals surface area contributed by atoms with E-state index in [9.17, 15) is 13.2 Å². The van der Waals surface area contributed by atoms with Crippen molar-refractivity contribution in [3.63, 3.8) is 0 Å². The molecule has 1 atom stereocenters. The van der Waals surface area contributed by atoms with Gasteiger partial charge in [0.25, 0.3) is 0 Å². The standard InChI is InChI=1S/C22H27F3N2O2.2ClH/c1-15(2)17-6-9-20(28-3)19(14-17)21(27-12-10-26-11-13-27)16-4-7-18(8-5-16)29-22(23,24)25;;/h4-9,14-15,21,26H,10-13H2,1-3H3;2*1H/t21-;;/m0../s1. The van der Waals surface area contributed by atoms with Crippen LogP contribution >= 0.6 is 24.8 Å². The minimum Gasteiger partial charge on any atom is -0.496 e. The van der Waals surface area contributed by atoms with Crippen LogP contribution in [-0.2, 0) is 0 Å². The lowest BCUT2D eigenvalue weighted by molar-refractivity contribution is -0.274. The van der Waals surface area contributed by atoms with Crippen LogP contribution in [0.2, 0.25) is 0 Å². The van der Waals surface area contributed by atoms with Gasteiger partial charge in [-0.05, 0) is 41.3 Å². The summed E-state index contributed by atoms with van der Waals surface area (Å²) < 4.78 is 47.2. The lowest BCUT2D eigenvalue weighted by atomic mass is 9.91. The molecular weight excluding hydrogens is 452 g/mol. The second-order valence-electron chi connectivity index (χ2n) is 7.46. The van der Waals surface area contributed by atoms with Gasteiger partial charge in [0.15, 0.2) is 0 Å². The highest BCUT2D eigenvalue weighted by molar-refractivity contribution is 5.85. The summed E-state index contributed by atoms with van der Waals surface area (Å²) in [4.78, 5) is 2.33. The second kappa shape index (κ2) is 11.8. The third-order valence-corrected chi connectivity index (χ3v) is 5.16. The van der Waals surface area contributed by atoms with E-state index in [1.165, 1.54) is 17.7 Å². The van der Waals surface area contributed by atoms with Gasteiger partial charge in [-0.25, -0.2) is 0 Å². The van der Waals surface area contributed by atoms with E-state index in [1.807, 2.05) is 6.07 Å². The molecule has 9 heteroatoms. The molecule has 174 valence electrons. The highest BCUT2D eigenvalue weighted by Crippen LogP contribution is 2.37. The average molecular weight is 481 g/mol. The van der Waals surface area contributed by atoms with Crippen LogP contribution < -0.4 is 14.8 Å². The molecule has 1 saturated heterocycles. The first-order valence-corrected chi connectivity index (χ1v) is 9.77. The van der Waals surface area contributed by atoms with Crippen LogP contribution in [0.5, 0.6) is 11.5 Å². The lowest BCUT2D eigenvalue weighted by Crippen LogP contribution is -2.45. The molecule has 0 aromatic heterocycles. The van der Waals surface area contributed by atoms with Crippen LogP contribution in [0.25, 0.3) is 0 Å². The zero-order valence-electron chi connectivity index (χ0n) is 17.7. The molecule has 0 radical (unpaired) electrons. The zero-order valence-corrected chi connectivity index (χ0v) is 19.4. The van der Waals surface area contributed by atoms with Gasteiger partial charge in [0.2, 0.25) is 0 Å². The van der Waals surface area contributed by atoms with Crippen molar-refractivity contribution in [2.45, 2.75) is 32.2 Å². The Balaban J connectivity index is 0.00000240. The van der Waals surface area contributed by atoms with Crippen LogP contribution in [-0.4, -0.2) is 44.6 Å². The molecule has 1 aliphatic heterocycles. The minimum atomic E-state index is -4.70. The molecule has 0 bridgehead atoms. The molecule has 2 aromatic carbocycles. The Labute approximate surface area is 193 Å². The normalized spacial score (nSPS) is 15.6. The van der Waals surface area contributed by atoms with Gasteiger partial charge in [0.1, 0.15) is 11.5 Å². The summed E-state index contributed by atoms with van der Waals surface area (Å²) in [6.45, 7) is 7.65. The number of nitrogens with one attached hydrogen (secondary N) is 1. The Morgan fingerprint density at radius 2 is 1.52 bits per heavy atom. The predicted octanol–water partition coefficient (Wildman–Crippen LogP) is 5.56. The van der Waals surface area contributed by atoms with Crippen LogP contribution in [0.1, 0.15) is 42.5 Å². The number of alkyl halides is 3. The minimum absolute atomic E-state index is 0. The summed E-state index contributed by atoms with van der Waals surface area (Å²) in [6, 6.07) is 12.2. The Morgan fingerprint density at radius 3 is 2.03 bits per heavy atom. The maximum Gasteiger partial charge on any atom is 0.573 e. The molecule has 2 aromatic rings. The van der Waals surface area contributed by atoms with Crippen molar-refractivity contribution >= 4 is 24.8 Å². The predicted molar refractivity (Wildman–Crippen MR) is 121 cm³/mol. The third kappa shape index (κ3) is 7.17. The Morgan fingerprint density at radius 1 is 0.935 bits per heavy atom. The van der Waals surface area contributed by atoms with Gasteiger partial charge in [0.05, 0.1) is 13.2 Å². The molecule has 3 rings (SSSR count). The van der Waals surface area contributed by atoms with Crippen LogP contribution in [0.3, 0.4) is 0 Å². The maximum atomic E-state index is 12.5. The highest BCUT2D eigenvalue weighted by Gasteiger charge is 2.32. The number of halogens is 5. The van der Waals surface area contributed by atoms with Crippen molar-refractivity contribution in [2.24, 2.45) is 0 Å². The number of nitrogens with zero attached hydrogens (tertiary/aromatic N) is 1. The molecule has 31 heavy (non-hydrogen) atoms.